The summed E-state index contributed by atoms with van der Waals surface area (Å²) in [6.45, 7) is 10.2. The van der Waals surface area contributed by atoms with Crippen LogP contribution in [0.15, 0.2) is 24.3 Å². The average molecular weight is 371 g/mol. The fraction of sp³-hybridized carbons (Fsp3) is 0.550. The lowest BCUT2D eigenvalue weighted by molar-refractivity contribution is 0.0337. The maximum absolute atomic E-state index is 12.8. The molecule has 1 amide bonds. The molecule has 0 unspecified atom stereocenters. The number of carbonyl (C=O) groups is 1. The van der Waals surface area contributed by atoms with E-state index in [9.17, 15) is 4.79 Å². The minimum Gasteiger partial charge on any atom is -0.379 e. The molecule has 7 nitrogen and oxygen atoms in total. The van der Waals surface area contributed by atoms with Crippen molar-refractivity contribution in [1.29, 1.82) is 0 Å². The van der Waals surface area contributed by atoms with Gasteiger partial charge in [-0.3, -0.25) is 14.4 Å². The van der Waals surface area contributed by atoms with Crippen LogP contribution in [-0.4, -0.2) is 51.9 Å². The largest absolute Gasteiger partial charge is 0.379 e. The SMILES string of the molecule is CCC(CC)n1nc(C)cc1C(=O)Nc1cccc(CN2CCOCC2)n1. The van der Waals surface area contributed by atoms with E-state index in [4.69, 9.17) is 4.74 Å². The number of rotatable bonds is 7. The molecule has 7 heteroatoms. The second-order valence-electron chi connectivity index (χ2n) is 6.94. The Hall–Kier alpha value is -2.25. The van der Waals surface area contributed by atoms with Gasteiger partial charge in [0.25, 0.3) is 5.91 Å². The summed E-state index contributed by atoms with van der Waals surface area (Å²) in [5, 5.41) is 7.47. The van der Waals surface area contributed by atoms with Gasteiger partial charge >= 0.3 is 0 Å². The van der Waals surface area contributed by atoms with E-state index in [0.29, 0.717) is 11.5 Å². The molecule has 1 saturated heterocycles. The van der Waals surface area contributed by atoms with Crippen LogP contribution in [0.2, 0.25) is 0 Å². The van der Waals surface area contributed by atoms with Crippen molar-refractivity contribution in [2.45, 2.75) is 46.2 Å². The van der Waals surface area contributed by atoms with Crippen LogP contribution in [0.4, 0.5) is 5.82 Å². The van der Waals surface area contributed by atoms with Crippen LogP contribution in [0.5, 0.6) is 0 Å². The Morgan fingerprint density at radius 3 is 2.70 bits per heavy atom. The average Bonchev–Trinajstić information content (AvgIpc) is 3.06. The van der Waals surface area contributed by atoms with E-state index < -0.39 is 0 Å². The first-order valence-electron chi connectivity index (χ1n) is 9.74. The number of morpholine rings is 1. The van der Waals surface area contributed by atoms with Crippen molar-refractivity contribution in [1.82, 2.24) is 19.7 Å². The molecule has 0 radical (unpaired) electrons. The van der Waals surface area contributed by atoms with Crippen molar-refractivity contribution < 1.29 is 9.53 Å². The van der Waals surface area contributed by atoms with E-state index in [-0.39, 0.29) is 11.9 Å². The molecular formula is C20H29N5O2. The number of ether oxygens (including phenoxy) is 1. The van der Waals surface area contributed by atoms with Crippen LogP contribution in [0, 0.1) is 6.92 Å². The zero-order chi connectivity index (χ0) is 19.2. The van der Waals surface area contributed by atoms with Crippen molar-refractivity contribution in [3.8, 4) is 0 Å². The summed E-state index contributed by atoms with van der Waals surface area (Å²) in [4.78, 5) is 19.8. The highest BCUT2D eigenvalue weighted by Gasteiger charge is 2.19. The molecular weight excluding hydrogens is 342 g/mol. The Morgan fingerprint density at radius 2 is 2.00 bits per heavy atom. The standard InChI is InChI=1S/C20H29N5O2/c1-4-17(5-2)25-18(13-15(3)23-25)20(26)22-19-8-6-7-16(21-19)14-24-9-11-27-12-10-24/h6-8,13,17H,4-5,9-12,14H2,1-3H3,(H,21,22,26). The first-order valence-corrected chi connectivity index (χ1v) is 9.74. The number of nitrogens with one attached hydrogen (secondary N) is 1. The van der Waals surface area contributed by atoms with Crippen LogP contribution in [0.1, 0.15) is 54.6 Å². The number of anilines is 1. The third-order valence-corrected chi connectivity index (χ3v) is 4.92. The van der Waals surface area contributed by atoms with Crippen molar-refractivity contribution in [2.75, 3.05) is 31.6 Å². The molecule has 2 aromatic heterocycles. The molecule has 0 bridgehead atoms. The molecule has 1 aliphatic rings. The van der Waals surface area contributed by atoms with Crippen LogP contribution >= 0.6 is 0 Å². The summed E-state index contributed by atoms with van der Waals surface area (Å²) in [6.07, 6.45) is 1.87. The third-order valence-electron chi connectivity index (χ3n) is 4.92. The lowest BCUT2D eigenvalue weighted by Gasteiger charge is -2.26. The number of hydrogen-bond donors (Lipinski definition) is 1. The molecule has 1 aliphatic heterocycles. The molecule has 3 rings (SSSR count). The summed E-state index contributed by atoms with van der Waals surface area (Å²) in [5.41, 5.74) is 2.38. The Balaban J connectivity index is 1.72. The number of amides is 1. The van der Waals surface area contributed by atoms with E-state index in [1.165, 1.54) is 0 Å². The van der Waals surface area contributed by atoms with Crippen molar-refractivity contribution >= 4 is 11.7 Å². The normalized spacial score (nSPS) is 15.3. The van der Waals surface area contributed by atoms with Gasteiger partial charge in [0.15, 0.2) is 0 Å². The van der Waals surface area contributed by atoms with Gasteiger partial charge in [0, 0.05) is 19.6 Å². The topological polar surface area (TPSA) is 72.3 Å². The Kier molecular flexibility index (Phi) is 6.58. The molecule has 0 aromatic carbocycles. The second kappa shape index (κ2) is 9.10. The number of pyridine rings is 1. The highest BCUT2D eigenvalue weighted by molar-refractivity contribution is 6.02. The van der Waals surface area contributed by atoms with Gasteiger partial charge in [-0.15, -0.1) is 0 Å². The van der Waals surface area contributed by atoms with Crippen molar-refractivity contribution in [2.24, 2.45) is 0 Å². The number of aromatic nitrogens is 3. The van der Waals surface area contributed by atoms with Gasteiger partial charge in [0.1, 0.15) is 11.5 Å². The van der Waals surface area contributed by atoms with Crippen LogP contribution in [0.25, 0.3) is 0 Å². The lowest BCUT2D eigenvalue weighted by Crippen LogP contribution is -2.35. The monoisotopic (exact) mass is 371 g/mol. The van der Waals surface area contributed by atoms with Crippen LogP contribution in [-0.2, 0) is 11.3 Å². The minimum atomic E-state index is -0.168. The molecule has 0 aliphatic carbocycles. The third kappa shape index (κ3) is 4.93. The minimum absolute atomic E-state index is 0.168. The quantitative estimate of drug-likeness (QED) is 0.810. The number of nitrogens with zero attached hydrogens (tertiary/aromatic N) is 4. The molecule has 0 saturated carbocycles. The van der Waals surface area contributed by atoms with Gasteiger partial charge < -0.3 is 10.1 Å². The van der Waals surface area contributed by atoms with Crippen LogP contribution in [0.3, 0.4) is 0 Å². The zero-order valence-corrected chi connectivity index (χ0v) is 16.4. The number of carbonyl (C=O) groups excluding carboxylic acids is 1. The fourth-order valence-electron chi connectivity index (χ4n) is 3.41. The van der Waals surface area contributed by atoms with E-state index in [2.05, 4.69) is 34.1 Å². The van der Waals surface area contributed by atoms with Gasteiger partial charge in [0.2, 0.25) is 0 Å². The summed E-state index contributed by atoms with van der Waals surface area (Å²) >= 11 is 0. The Labute approximate surface area is 160 Å². The summed E-state index contributed by atoms with van der Waals surface area (Å²) in [5.74, 6) is 0.402. The Morgan fingerprint density at radius 1 is 1.26 bits per heavy atom. The zero-order valence-electron chi connectivity index (χ0n) is 16.4. The molecule has 146 valence electrons. The van der Waals surface area contributed by atoms with Gasteiger partial charge in [-0.05, 0) is 38.0 Å². The first-order chi connectivity index (χ1) is 13.1. The highest BCUT2D eigenvalue weighted by atomic mass is 16.5. The molecule has 3 heterocycles. The van der Waals surface area contributed by atoms with Crippen molar-refractivity contribution in [3.63, 3.8) is 0 Å². The maximum Gasteiger partial charge on any atom is 0.275 e. The van der Waals surface area contributed by atoms with Gasteiger partial charge in [-0.2, -0.15) is 5.10 Å². The van der Waals surface area contributed by atoms with Crippen LogP contribution < -0.4 is 5.32 Å². The highest BCUT2D eigenvalue weighted by Crippen LogP contribution is 2.19. The maximum atomic E-state index is 12.8. The van der Waals surface area contributed by atoms with Gasteiger partial charge in [0.05, 0.1) is 30.6 Å². The summed E-state index contributed by atoms with van der Waals surface area (Å²) in [6, 6.07) is 7.81. The second-order valence-corrected chi connectivity index (χ2v) is 6.94. The summed E-state index contributed by atoms with van der Waals surface area (Å²) < 4.78 is 7.24. The molecule has 0 spiro atoms. The van der Waals surface area contributed by atoms with Gasteiger partial charge in [-0.25, -0.2) is 4.98 Å². The summed E-state index contributed by atoms with van der Waals surface area (Å²) in [7, 11) is 0. The molecule has 1 fully saturated rings. The van der Waals surface area contributed by atoms with E-state index in [0.717, 1.165) is 57.1 Å². The van der Waals surface area contributed by atoms with Gasteiger partial charge in [-0.1, -0.05) is 19.9 Å². The molecule has 2 aromatic rings. The fourth-order valence-corrected chi connectivity index (χ4v) is 3.41. The lowest BCUT2D eigenvalue weighted by atomic mass is 10.1. The molecule has 0 atom stereocenters. The van der Waals surface area contributed by atoms with Crippen molar-refractivity contribution in [3.05, 3.63) is 41.3 Å². The predicted octanol–water partition coefficient (Wildman–Crippen LogP) is 3.03. The van der Waals surface area contributed by atoms with E-state index in [1.807, 2.05) is 35.9 Å². The Bertz CT molecular complexity index is 763. The smallest absolute Gasteiger partial charge is 0.275 e. The number of aryl methyl sites for hydroxylation is 1. The first kappa shape index (κ1) is 19.5. The predicted molar refractivity (Wildman–Crippen MR) is 105 cm³/mol. The number of hydrogen-bond acceptors (Lipinski definition) is 5. The van der Waals surface area contributed by atoms with E-state index >= 15 is 0 Å². The van der Waals surface area contributed by atoms with E-state index in [1.54, 1.807) is 0 Å². The molecule has 27 heavy (non-hydrogen) atoms. The molecule has 1 N–H and O–H groups in total.